The van der Waals surface area contributed by atoms with Gasteiger partial charge in [0.25, 0.3) is 5.91 Å². The molecule has 9 heteroatoms. The molecule has 0 bridgehead atoms. The Labute approximate surface area is 144 Å². The third-order valence-electron chi connectivity index (χ3n) is 4.16. The first-order valence-electron chi connectivity index (χ1n) is 7.49. The lowest BCUT2D eigenvalue weighted by atomic mass is 9.87. The maximum atomic E-state index is 13.7. The molecule has 1 heterocycles. The molecule has 2 aromatic carbocycles. The molecule has 1 fully saturated rings. The maximum Gasteiger partial charge on any atom is 0.259 e. The molecule has 0 aliphatic carbocycles. The number of carbonyl (C=O) groups excluding carboxylic acids is 2. The molecule has 0 spiro atoms. The number of benzene rings is 2. The average Bonchev–Trinajstić information content (AvgIpc) is 2.89. The molecule has 1 saturated heterocycles. The highest BCUT2D eigenvalue weighted by Crippen LogP contribution is 2.34. The van der Waals surface area contributed by atoms with E-state index in [1.165, 1.54) is 6.07 Å². The zero-order chi connectivity index (χ0) is 19.0. The van der Waals surface area contributed by atoms with Gasteiger partial charge in [-0.1, -0.05) is 12.1 Å². The molecule has 0 radical (unpaired) electrons. The van der Waals surface area contributed by atoms with Crippen LogP contribution in [0.2, 0.25) is 0 Å². The Morgan fingerprint density at radius 3 is 2.50 bits per heavy atom. The SMILES string of the molecule is O=C(Nc1cccc(F)c1F)[C@H]1C(=O)N(O)C[C@@H]1c1ccc(F)c(F)c1. The summed E-state index contributed by atoms with van der Waals surface area (Å²) in [5, 5.41) is 12.0. The minimum absolute atomic E-state index is 0.105. The molecule has 0 unspecified atom stereocenters. The third-order valence-corrected chi connectivity index (χ3v) is 4.16. The average molecular weight is 368 g/mol. The van der Waals surface area contributed by atoms with Gasteiger partial charge in [-0.2, -0.15) is 0 Å². The van der Waals surface area contributed by atoms with E-state index in [9.17, 15) is 32.4 Å². The summed E-state index contributed by atoms with van der Waals surface area (Å²) in [4.78, 5) is 24.5. The number of carbonyl (C=O) groups is 2. The summed E-state index contributed by atoms with van der Waals surface area (Å²) in [5.41, 5.74) is -0.378. The first kappa shape index (κ1) is 17.9. The van der Waals surface area contributed by atoms with Crippen LogP contribution in [0.3, 0.4) is 0 Å². The van der Waals surface area contributed by atoms with Crippen LogP contribution in [0, 0.1) is 29.2 Å². The minimum Gasteiger partial charge on any atom is -0.323 e. The summed E-state index contributed by atoms with van der Waals surface area (Å²) in [6.45, 7) is -0.340. The maximum absolute atomic E-state index is 13.7. The van der Waals surface area contributed by atoms with E-state index in [-0.39, 0.29) is 17.2 Å². The molecule has 3 rings (SSSR count). The van der Waals surface area contributed by atoms with Gasteiger partial charge in [0.2, 0.25) is 5.91 Å². The van der Waals surface area contributed by atoms with E-state index in [2.05, 4.69) is 5.32 Å². The number of nitrogens with zero attached hydrogens (tertiary/aromatic N) is 1. The van der Waals surface area contributed by atoms with Gasteiger partial charge < -0.3 is 5.32 Å². The highest BCUT2D eigenvalue weighted by molar-refractivity contribution is 6.08. The molecule has 1 aliphatic heterocycles. The molecule has 2 atom stereocenters. The number of amides is 2. The summed E-state index contributed by atoms with van der Waals surface area (Å²) >= 11 is 0. The van der Waals surface area contributed by atoms with Crippen molar-refractivity contribution in [2.75, 3.05) is 11.9 Å². The van der Waals surface area contributed by atoms with Crippen molar-refractivity contribution in [1.82, 2.24) is 5.06 Å². The zero-order valence-corrected chi connectivity index (χ0v) is 13.0. The van der Waals surface area contributed by atoms with Crippen LogP contribution in [0.5, 0.6) is 0 Å². The van der Waals surface area contributed by atoms with Crippen LogP contribution in [0.4, 0.5) is 23.2 Å². The summed E-state index contributed by atoms with van der Waals surface area (Å²) < 4.78 is 53.5. The van der Waals surface area contributed by atoms with Crippen LogP contribution in [-0.2, 0) is 9.59 Å². The molecule has 0 aromatic heterocycles. The molecule has 2 amide bonds. The molecular formula is C17H12F4N2O3. The Bertz CT molecular complexity index is 890. The second-order valence-corrected chi connectivity index (χ2v) is 5.77. The monoisotopic (exact) mass is 368 g/mol. The van der Waals surface area contributed by atoms with Gasteiger partial charge in [0.15, 0.2) is 23.3 Å². The van der Waals surface area contributed by atoms with Gasteiger partial charge in [-0.15, -0.1) is 0 Å². The highest BCUT2D eigenvalue weighted by atomic mass is 19.2. The molecule has 136 valence electrons. The van der Waals surface area contributed by atoms with Crippen molar-refractivity contribution in [3.05, 3.63) is 65.2 Å². The van der Waals surface area contributed by atoms with Crippen LogP contribution in [0.1, 0.15) is 11.5 Å². The van der Waals surface area contributed by atoms with Crippen molar-refractivity contribution >= 4 is 17.5 Å². The van der Waals surface area contributed by atoms with Crippen LogP contribution in [0.15, 0.2) is 36.4 Å². The minimum atomic E-state index is -1.52. The van der Waals surface area contributed by atoms with Gasteiger partial charge in [0.1, 0.15) is 5.92 Å². The van der Waals surface area contributed by atoms with E-state index >= 15 is 0 Å². The van der Waals surface area contributed by atoms with E-state index in [0.29, 0.717) is 0 Å². The predicted octanol–water partition coefficient (Wildman–Crippen LogP) is 2.81. The van der Waals surface area contributed by atoms with Crippen molar-refractivity contribution in [2.24, 2.45) is 5.92 Å². The second kappa shape index (κ2) is 6.75. The van der Waals surface area contributed by atoms with E-state index < -0.39 is 52.6 Å². The van der Waals surface area contributed by atoms with Crippen molar-refractivity contribution in [3.8, 4) is 0 Å². The van der Waals surface area contributed by atoms with Crippen LogP contribution in [-0.4, -0.2) is 28.6 Å². The Morgan fingerprint density at radius 2 is 1.81 bits per heavy atom. The van der Waals surface area contributed by atoms with Gasteiger partial charge in [0, 0.05) is 5.92 Å². The molecule has 26 heavy (non-hydrogen) atoms. The first-order chi connectivity index (χ1) is 12.3. The third kappa shape index (κ3) is 3.13. The molecule has 1 aliphatic rings. The van der Waals surface area contributed by atoms with Gasteiger partial charge in [0.05, 0.1) is 12.2 Å². The molecular weight excluding hydrogens is 356 g/mol. The van der Waals surface area contributed by atoms with Gasteiger partial charge >= 0.3 is 0 Å². The van der Waals surface area contributed by atoms with Crippen LogP contribution < -0.4 is 5.32 Å². The largest absolute Gasteiger partial charge is 0.323 e. The fourth-order valence-electron chi connectivity index (χ4n) is 2.86. The number of hydrogen-bond donors (Lipinski definition) is 2. The van der Waals surface area contributed by atoms with Crippen molar-refractivity contribution < 1.29 is 32.4 Å². The van der Waals surface area contributed by atoms with Gasteiger partial charge in [-0.3, -0.25) is 14.8 Å². The number of anilines is 1. The van der Waals surface area contributed by atoms with E-state index in [4.69, 9.17) is 0 Å². The molecule has 2 N–H and O–H groups in total. The Morgan fingerprint density at radius 1 is 1.08 bits per heavy atom. The van der Waals surface area contributed by atoms with E-state index in [1.54, 1.807) is 0 Å². The number of hydroxylamine groups is 2. The van der Waals surface area contributed by atoms with Crippen molar-refractivity contribution in [1.29, 1.82) is 0 Å². The number of hydrogen-bond acceptors (Lipinski definition) is 3. The Hall–Kier alpha value is -2.94. The highest BCUT2D eigenvalue weighted by Gasteiger charge is 2.46. The summed E-state index contributed by atoms with van der Waals surface area (Å²) in [6.07, 6.45) is 0. The lowest BCUT2D eigenvalue weighted by Crippen LogP contribution is -2.33. The lowest BCUT2D eigenvalue weighted by molar-refractivity contribution is -0.160. The van der Waals surface area contributed by atoms with Crippen LogP contribution >= 0.6 is 0 Å². The fraction of sp³-hybridized carbons (Fsp3) is 0.176. The predicted molar refractivity (Wildman–Crippen MR) is 81.1 cm³/mol. The molecule has 0 saturated carbocycles. The quantitative estimate of drug-likeness (QED) is 0.497. The zero-order valence-electron chi connectivity index (χ0n) is 13.0. The summed E-state index contributed by atoms with van der Waals surface area (Å²) in [5.74, 6) is -9.31. The topological polar surface area (TPSA) is 69.6 Å². The summed E-state index contributed by atoms with van der Waals surface area (Å²) in [7, 11) is 0. The number of nitrogens with one attached hydrogen (secondary N) is 1. The standard InChI is InChI=1S/C17H12F4N2O3/c18-10-5-4-8(6-12(10)20)9-7-23(26)17(25)14(9)16(24)22-13-3-1-2-11(19)15(13)21/h1-6,9,14,26H,7H2,(H,22,24)/t9-,14+/m1/s1. The second-order valence-electron chi connectivity index (χ2n) is 5.77. The fourth-order valence-corrected chi connectivity index (χ4v) is 2.86. The van der Waals surface area contributed by atoms with Crippen molar-refractivity contribution in [2.45, 2.75) is 5.92 Å². The summed E-state index contributed by atoms with van der Waals surface area (Å²) in [6, 6.07) is 5.93. The lowest BCUT2D eigenvalue weighted by Gasteiger charge is -2.17. The molecule has 5 nitrogen and oxygen atoms in total. The normalized spacial score (nSPS) is 19.7. The number of rotatable bonds is 3. The Balaban J connectivity index is 1.91. The first-order valence-corrected chi connectivity index (χ1v) is 7.49. The smallest absolute Gasteiger partial charge is 0.259 e. The Kier molecular flexibility index (Phi) is 4.64. The van der Waals surface area contributed by atoms with Gasteiger partial charge in [-0.05, 0) is 29.8 Å². The molecule has 2 aromatic rings. The van der Waals surface area contributed by atoms with E-state index in [1.807, 2.05) is 0 Å². The number of halogens is 4. The van der Waals surface area contributed by atoms with E-state index in [0.717, 1.165) is 30.3 Å². The van der Waals surface area contributed by atoms with Crippen LogP contribution in [0.25, 0.3) is 0 Å². The van der Waals surface area contributed by atoms with Gasteiger partial charge in [-0.25, -0.2) is 22.6 Å². The van der Waals surface area contributed by atoms with Crippen molar-refractivity contribution in [3.63, 3.8) is 0 Å².